The predicted molar refractivity (Wildman–Crippen MR) is 83.7 cm³/mol. The molecule has 1 unspecified atom stereocenters. The zero-order valence-electron chi connectivity index (χ0n) is 11.2. The molecule has 2 N–H and O–H groups in total. The number of hydrogen-bond donors (Lipinski definition) is 2. The van der Waals surface area contributed by atoms with Crippen LogP contribution in [0.15, 0.2) is 27.1 Å². The minimum Gasteiger partial charge on any atom is -0.383 e. The number of halogens is 2. The van der Waals surface area contributed by atoms with E-state index >= 15 is 0 Å². The van der Waals surface area contributed by atoms with Gasteiger partial charge in [0, 0.05) is 22.6 Å². The Morgan fingerprint density at radius 1 is 1.35 bits per heavy atom. The van der Waals surface area contributed by atoms with Crippen LogP contribution in [0.3, 0.4) is 0 Å². The fourth-order valence-corrected chi connectivity index (χ4v) is 2.23. The van der Waals surface area contributed by atoms with Crippen LogP contribution >= 0.6 is 31.9 Å². The van der Waals surface area contributed by atoms with Gasteiger partial charge in [-0.15, -0.1) is 0 Å². The van der Waals surface area contributed by atoms with Crippen LogP contribution in [0.5, 0.6) is 0 Å². The molecule has 1 aromatic carbocycles. The first-order valence-corrected chi connectivity index (χ1v) is 7.57. The Bertz CT molecular complexity index is 495. The molecule has 0 fully saturated rings. The molecule has 1 aromatic rings. The molecule has 0 heterocycles. The minimum absolute atomic E-state index is 0.249. The zero-order valence-corrected chi connectivity index (χ0v) is 14.4. The maximum atomic E-state index is 12.1. The molecule has 0 bridgehead atoms. The van der Waals surface area contributed by atoms with Crippen LogP contribution in [-0.4, -0.2) is 38.1 Å². The van der Waals surface area contributed by atoms with Gasteiger partial charge in [0.05, 0.1) is 12.2 Å². The number of nitrogens with one attached hydrogen (secondary N) is 2. The quantitative estimate of drug-likeness (QED) is 0.709. The zero-order chi connectivity index (χ0) is 15.1. The van der Waals surface area contributed by atoms with Gasteiger partial charge in [-0.25, -0.2) is 0 Å². The van der Waals surface area contributed by atoms with Crippen molar-refractivity contribution >= 4 is 43.7 Å². The summed E-state index contributed by atoms with van der Waals surface area (Å²) in [6.07, 6.45) is 0. The molecule has 0 saturated heterocycles. The smallest absolute Gasteiger partial charge is 0.253 e. The van der Waals surface area contributed by atoms with Gasteiger partial charge < -0.3 is 15.4 Å². The summed E-state index contributed by atoms with van der Waals surface area (Å²) in [5.74, 6) is -0.561. The summed E-state index contributed by atoms with van der Waals surface area (Å²) < 4.78 is 6.30. The average molecular weight is 408 g/mol. The molecule has 0 aromatic heterocycles. The summed E-state index contributed by atoms with van der Waals surface area (Å²) in [6.45, 7) is 2.48. The molecule has 1 atom stereocenters. The molecule has 0 spiro atoms. The lowest BCUT2D eigenvalue weighted by atomic mass is 10.2. The van der Waals surface area contributed by atoms with Crippen LogP contribution in [0.1, 0.15) is 17.3 Å². The number of benzene rings is 1. The lowest BCUT2D eigenvalue weighted by Gasteiger charge is -2.14. The largest absolute Gasteiger partial charge is 0.383 e. The number of methoxy groups -OCH3 is 1. The van der Waals surface area contributed by atoms with Crippen LogP contribution < -0.4 is 10.6 Å². The van der Waals surface area contributed by atoms with Crippen LogP contribution in [-0.2, 0) is 9.53 Å². The maximum Gasteiger partial charge on any atom is 0.253 e. The molecule has 1 rings (SSSR count). The van der Waals surface area contributed by atoms with Gasteiger partial charge in [0.2, 0.25) is 5.91 Å². The van der Waals surface area contributed by atoms with Crippen molar-refractivity contribution in [1.29, 1.82) is 0 Å². The molecular formula is C13H16Br2N2O3. The molecule has 0 saturated carbocycles. The van der Waals surface area contributed by atoms with E-state index in [9.17, 15) is 9.59 Å². The molecule has 2 amide bonds. The Balaban J connectivity index is 2.61. The van der Waals surface area contributed by atoms with Crippen molar-refractivity contribution in [2.45, 2.75) is 13.0 Å². The topological polar surface area (TPSA) is 67.4 Å². The van der Waals surface area contributed by atoms with Crippen molar-refractivity contribution in [3.8, 4) is 0 Å². The molecule has 110 valence electrons. The number of carbonyl (C=O) groups excluding carboxylic acids is 2. The first-order chi connectivity index (χ1) is 9.45. The Labute approximate surface area is 134 Å². The minimum atomic E-state index is -0.620. The highest BCUT2D eigenvalue weighted by atomic mass is 79.9. The average Bonchev–Trinajstić information content (AvgIpc) is 2.41. The van der Waals surface area contributed by atoms with E-state index in [1.807, 2.05) is 6.07 Å². The third-order valence-corrected chi connectivity index (χ3v) is 3.70. The second-order valence-electron chi connectivity index (χ2n) is 4.10. The normalized spacial score (nSPS) is 11.8. The van der Waals surface area contributed by atoms with Crippen molar-refractivity contribution in [3.05, 3.63) is 32.7 Å². The van der Waals surface area contributed by atoms with Gasteiger partial charge in [-0.2, -0.15) is 0 Å². The molecule has 5 nitrogen and oxygen atoms in total. The number of hydrogen-bond acceptors (Lipinski definition) is 3. The fraction of sp³-hybridized carbons (Fsp3) is 0.385. The Morgan fingerprint density at radius 2 is 2.05 bits per heavy atom. The highest BCUT2D eigenvalue weighted by Crippen LogP contribution is 2.21. The van der Waals surface area contributed by atoms with Crippen molar-refractivity contribution < 1.29 is 14.3 Å². The monoisotopic (exact) mass is 406 g/mol. The second kappa shape index (κ2) is 8.39. The standard InChI is InChI=1S/C13H16Br2N2O3/c1-8(12(18)16-5-6-20-2)17-13(19)10-7-9(14)3-4-11(10)15/h3-4,7-8H,5-6H2,1-2H3,(H,16,18)(H,17,19). The van der Waals surface area contributed by atoms with Gasteiger partial charge >= 0.3 is 0 Å². The first-order valence-electron chi connectivity index (χ1n) is 5.98. The van der Waals surface area contributed by atoms with Gasteiger partial charge in [-0.05, 0) is 41.1 Å². The van der Waals surface area contributed by atoms with Crippen molar-refractivity contribution in [1.82, 2.24) is 10.6 Å². The Morgan fingerprint density at radius 3 is 2.70 bits per heavy atom. The summed E-state index contributed by atoms with van der Waals surface area (Å²) in [6, 6.07) is 4.66. The summed E-state index contributed by atoms with van der Waals surface area (Å²) in [7, 11) is 1.56. The van der Waals surface area contributed by atoms with E-state index < -0.39 is 6.04 Å². The highest BCUT2D eigenvalue weighted by Gasteiger charge is 2.17. The molecule has 7 heteroatoms. The Hall–Kier alpha value is -0.920. The van der Waals surface area contributed by atoms with Crippen molar-refractivity contribution in [3.63, 3.8) is 0 Å². The van der Waals surface area contributed by atoms with Crippen molar-refractivity contribution in [2.75, 3.05) is 20.3 Å². The summed E-state index contributed by atoms with van der Waals surface area (Å²) in [5, 5.41) is 5.31. The van der Waals surface area contributed by atoms with E-state index in [0.717, 1.165) is 4.47 Å². The molecule has 0 radical (unpaired) electrons. The summed E-state index contributed by atoms with van der Waals surface area (Å²) in [5.41, 5.74) is 0.468. The van der Waals surface area contributed by atoms with Gasteiger partial charge in [0.15, 0.2) is 0 Å². The number of ether oxygens (including phenoxy) is 1. The van der Waals surface area contributed by atoms with Crippen LogP contribution in [0.25, 0.3) is 0 Å². The summed E-state index contributed by atoms with van der Waals surface area (Å²) in [4.78, 5) is 23.8. The first kappa shape index (κ1) is 17.1. The SMILES string of the molecule is COCCNC(=O)C(C)NC(=O)c1cc(Br)ccc1Br. The van der Waals surface area contributed by atoms with E-state index in [2.05, 4.69) is 42.5 Å². The van der Waals surface area contributed by atoms with E-state index in [-0.39, 0.29) is 11.8 Å². The van der Waals surface area contributed by atoms with Crippen LogP contribution in [0.2, 0.25) is 0 Å². The molecule has 0 aliphatic heterocycles. The van der Waals surface area contributed by atoms with E-state index in [4.69, 9.17) is 4.74 Å². The van der Waals surface area contributed by atoms with Gasteiger partial charge in [0.1, 0.15) is 6.04 Å². The van der Waals surface area contributed by atoms with Gasteiger partial charge in [0.25, 0.3) is 5.91 Å². The molecule has 0 aliphatic carbocycles. The summed E-state index contributed by atoms with van der Waals surface area (Å²) >= 11 is 6.62. The molecular weight excluding hydrogens is 392 g/mol. The predicted octanol–water partition coefficient (Wildman–Crippen LogP) is 2.09. The maximum absolute atomic E-state index is 12.1. The lowest BCUT2D eigenvalue weighted by molar-refractivity contribution is -0.122. The number of rotatable bonds is 6. The second-order valence-corrected chi connectivity index (χ2v) is 5.87. The Kier molecular flexibility index (Phi) is 7.18. The number of carbonyl (C=O) groups is 2. The van der Waals surface area contributed by atoms with E-state index in [1.54, 1.807) is 26.2 Å². The molecule has 20 heavy (non-hydrogen) atoms. The third kappa shape index (κ3) is 5.22. The van der Waals surface area contributed by atoms with E-state index in [0.29, 0.717) is 23.2 Å². The lowest BCUT2D eigenvalue weighted by Crippen LogP contribution is -2.45. The van der Waals surface area contributed by atoms with E-state index in [1.165, 1.54) is 0 Å². The van der Waals surface area contributed by atoms with Gasteiger partial charge in [-0.3, -0.25) is 9.59 Å². The fourth-order valence-electron chi connectivity index (χ4n) is 1.44. The number of amides is 2. The molecule has 0 aliphatic rings. The highest BCUT2D eigenvalue weighted by molar-refractivity contribution is 9.11. The van der Waals surface area contributed by atoms with Crippen LogP contribution in [0, 0.1) is 0 Å². The third-order valence-electron chi connectivity index (χ3n) is 2.52. The van der Waals surface area contributed by atoms with Gasteiger partial charge in [-0.1, -0.05) is 15.9 Å². The van der Waals surface area contributed by atoms with Crippen molar-refractivity contribution in [2.24, 2.45) is 0 Å². The van der Waals surface area contributed by atoms with Crippen LogP contribution in [0.4, 0.5) is 0 Å².